The molecule has 0 saturated heterocycles. The van der Waals surface area contributed by atoms with Gasteiger partial charge in [0.25, 0.3) is 0 Å². The molecule has 0 bridgehead atoms. The molecule has 8 nitrogen and oxygen atoms in total. The Kier molecular flexibility index (Phi) is 5.26. The summed E-state index contributed by atoms with van der Waals surface area (Å²) < 4.78 is 2.92. The summed E-state index contributed by atoms with van der Waals surface area (Å²) in [4.78, 5) is 13.0. The maximum absolute atomic E-state index is 10.4. The highest BCUT2D eigenvalue weighted by Gasteiger charge is 2.42. The number of hydrogen-bond donors (Lipinski definition) is 4. The third-order valence-electron chi connectivity index (χ3n) is 5.07. The number of nitrogens with one attached hydrogen (secondary N) is 1. The van der Waals surface area contributed by atoms with Gasteiger partial charge in [-0.15, -0.1) is 0 Å². The van der Waals surface area contributed by atoms with Crippen molar-refractivity contribution in [2.75, 3.05) is 11.9 Å². The van der Waals surface area contributed by atoms with Crippen LogP contribution in [0.5, 0.6) is 0 Å². The molecule has 27 heavy (non-hydrogen) atoms. The lowest BCUT2D eigenvalue weighted by Gasteiger charge is -2.18. The first-order chi connectivity index (χ1) is 13.1. The van der Waals surface area contributed by atoms with Crippen molar-refractivity contribution in [3.8, 4) is 0 Å². The SMILES string of the molecule is OC[C@H]1C[C@@H](n2cnc3c(NCc4cccc(I)c4)ncnc32)[C@H](O)[C@@H]1O. The summed E-state index contributed by atoms with van der Waals surface area (Å²) in [6.07, 6.45) is 1.59. The van der Waals surface area contributed by atoms with Crippen LogP contribution in [0.15, 0.2) is 36.9 Å². The number of nitrogens with zero attached hydrogens (tertiary/aromatic N) is 4. The molecule has 0 spiro atoms. The molecule has 1 aromatic carbocycles. The zero-order chi connectivity index (χ0) is 19.0. The van der Waals surface area contributed by atoms with E-state index in [-0.39, 0.29) is 18.6 Å². The van der Waals surface area contributed by atoms with Gasteiger partial charge in [0, 0.05) is 22.6 Å². The second-order valence-corrected chi connectivity index (χ2v) is 8.00. The van der Waals surface area contributed by atoms with Gasteiger partial charge in [0.1, 0.15) is 17.9 Å². The first kappa shape index (κ1) is 18.5. The zero-order valence-electron chi connectivity index (χ0n) is 14.4. The second kappa shape index (κ2) is 7.66. The van der Waals surface area contributed by atoms with Gasteiger partial charge in [0.15, 0.2) is 11.5 Å². The van der Waals surface area contributed by atoms with E-state index in [1.807, 2.05) is 18.2 Å². The largest absolute Gasteiger partial charge is 0.396 e. The van der Waals surface area contributed by atoms with Crippen LogP contribution in [0.1, 0.15) is 18.0 Å². The number of anilines is 1. The summed E-state index contributed by atoms with van der Waals surface area (Å²) in [5.41, 5.74) is 2.33. The summed E-state index contributed by atoms with van der Waals surface area (Å²) in [7, 11) is 0. The van der Waals surface area contributed by atoms with E-state index in [0.717, 1.165) is 9.13 Å². The van der Waals surface area contributed by atoms with Crippen LogP contribution in [-0.4, -0.2) is 53.7 Å². The van der Waals surface area contributed by atoms with Gasteiger partial charge in [-0.3, -0.25) is 0 Å². The van der Waals surface area contributed by atoms with Crippen LogP contribution < -0.4 is 5.32 Å². The molecule has 3 aromatic rings. The second-order valence-electron chi connectivity index (χ2n) is 6.76. The lowest BCUT2D eigenvalue weighted by atomic mass is 10.1. The highest BCUT2D eigenvalue weighted by Crippen LogP contribution is 2.37. The zero-order valence-corrected chi connectivity index (χ0v) is 16.6. The third-order valence-corrected chi connectivity index (χ3v) is 5.74. The Morgan fingerprint density at radius 3 is 2.78 bits per heavy atom. The standard InChI is InChI=1S/C18H20IN5O3/c19-12-3-1-2-10(4-12)6-20-17-14-18(22-8-21-17)24(9-23-14)13-5-11(7-25)15(26)16(13)27/h1-4,8-9,11,13,15-16,25-27H,5-7H2,(H,20,21,22)/t11-,13-,15-,16+/m1/s1. The molecule has 9 heteroatoms. The Balaban J connectivity index is 1.60. The molecule has 1 saturated carbocycles. The smallest absolute Gasteiger partial charge is 0.165 e. The molecule has 4 atom stereocenters. The molecular weight excluding hydrogens is 461 g/mol. The number of benzene rings is 1. The maximum atomic E-state index is 10.4. The van der Waals surface area contributed by atoms with Crippen molar-refractivity contribution < 1.29 is 15.3 Å². The molecular formula is C18H20IN5O3. The van der Waals surface area contributed by atoms with E-state index in [4.69, 9.17) is 0 Å². The van der Waals surface area contributed by atoms with Crippen LogP contribution in [0.2, 0.25) is 0 Å². The number of aromatic nitrogens is 4. The molecule has 2 aromatic heterocycles. The van der Waals surface area contributed by atoms with Crippen molar-refractivity contribution in [2.24, 2.45) is 5.92 Å². The Bertz CT molecular complexity index is 950. The Morgan fingerprint density at radius 2 is 2.04 bits per heavy atom. The van der Waals surface area contributed by atoms with Crippen LogP contribution >= 0.6 is 22.6 Å². The highest BCUT2D eigenvalue weighted by atomic mass is 127. The molecule has 4 N–H and O–H groups in total. The molecule has 0 unspecified atom stereocenters. The van der Waals surface area contributed by atoms with Crippen LogP contribution in [0.4, 0.5) is 5.82 Å². The van der Waals surface area contributed by atoms with Gasteiger partial charge in [-0.25, -0.2) is 15.0 Å². The fraction of sp³-hybridized carbons (Fsp3) is 0.389. The molecule has 1 fully saturated rings. The van der Waals surface area contributed by atoms with E-state index >= 15 is 0 Å². The van der Waals surface area contributed by atoms with Crippen LogP contribution in [0.3, 0.4) is 0 Å². The molecule has 0 radical (unpaired) electrons. The molecule has 4 rings (SSSR count). The number of halogens is 1. The topological polar surface area (TPSA) is 116 Å². The summed E-state index contributed by atoms with van der Waals surface area (Å²) in [5.74, 6) is 0.256. The molecule has 1 aliphatic carbocycles. The van der Waals surface area contributed by atoms with E-state index in [2.05, 4.69) is 48.9 Å². The third kappa shape index (κ3) is 3.51. The van der Waals surface area contributed by atoms with Gasteiger partial charge < -0.3 is 25.2 Å². The van der Waals surface area contributed by atoms with E-state index in [1.165, 1.54) is 6.33 Å². The minimum Gasteiger partial charge on any atom is -0.396 e. The van der Waals surface area contributed by atoms with E-state index in [9.17, 15) is 15.3 Å². The number of aliphatic hydroxyl groups excluding tert-OH is 3. The van der Waals surface area contributed by atoms with Crippen LogP contribution in [-0.2, 0) is 6.54 Å². The lowest BCUT2D eigenvalue weighted by Crippen LogP contribution is -2.30. The number of rotatable bonds is 5. The average Bonchev–Trinajstić information content (AvgIpc) is 3.22. The van der Waals surface area contributed by atoms with Crippen LogP contribution in [0, 0.1) is 9.49 Å². The average molecular weight is 481 g/mol. The van der Waals surface area contributed by atoms with Crippen molar-refractivity contribution in [3.05, 3.63) is 46.1 Å². The first-order valence-corrected chi connectivity index (χ1v) is 9.79. The summed E-state index contributed by atoms with van der Waals surface area (Å²) >= 11 is 2.28. The Morgan fingerprint density at radius 1 is 1.19 bits per heavy atom. The van der Waals surface area contributed by atoms with Crippen LogP contribution in [0.25, 0.3) is 11.2 Å². The van der Waals surface area contributed by atoms with Crippen molar-refractivity contribution in [2.45, 2.75) is 31.2 Å². The summed E-state index contributed by atoms with van der Waals surface area (Å²) in [5, 5.41) is 33.1. The van der Waals surface area contributed by atoms with E-state index < -0.39 is 12.2 Å². The van der Waals surface area contributed by atoms with Crippen molar-refractivity contribution in [1.82, 2.24) is 19.5 Å². The highest BCUT2D eigenvalue weighted by molar-refractivity contribution is 14.1. The number of hydrogen-bond acceptors (Lipinski definition) is 7. The Hall–Kier alpha value is -1.82. The lowest BCUT2D eigenvalue weighted by molar-refractivity contribution is -0.00370. The summed E-state index contributed by atoms with van der Waals surface area (Å²) in [6, 6.07) is 7.79. The Labute approximate surface area is 169 Å². The van der Waals surface area contributed by atoms with Gasteiger partial charge in [0.05, 0.1) is 18.5 Å². The monoisotopic (exact) mass is 481 g/mol. The minimum atomic E-state index is -0.975. The quantitative estimate of drug-likeness (QED) is 0.407. The van der Waals surface area contributed by atoms with Crippen molar-refractivity contribution in [3.63, 3.8) is 0 Å². The van der Waals surface area contributed by atoms with Crippen molar-refractivity contribution in [1.29, 1.82) is 0 Å². The van der Waals surface area contributed by atoms with Gasteiger partial charge in [-0.05, 0) is 46.7 Å². The summed E-state index contributed by atoms with van der Waals surface area (Å²) in [6.45, 7) is 0.437. The van der Waals surface area contributed by atoms with E-state index in [1.54, 1.807) is 10.9 Å². The molecule has 2 heterocycles. The normalized spacial score (nSPS) is 25.2. The maximum Gasteiger partial charge on any atom is 0.165 e. The molecule has 1 aliphatic rings. The van der Waals surface area contributed by atoms with Crippen molar-refractivity contribution >= 4 is 39.6 Å². The number of fused-ring (bicyclic) bond motifs is 1. The van der Waals surface area contributed by atoms with Gasteiger partial charge >= 0.3 is 0 Å². The minimum absolute atomic E-state index is 0.168. The molecule has 142 valence electrons. The van der Waals surface area contributed by atoms with E-state index in [0.29, 0.717) is 29.9 Å². The number of imidazole rings is 1. The number of aliphatic hydroxyl groups is 3. The van der Waals surface area contributed by atoms with Gasteiger partial charge in [-0.2, -0.15) is 0 Å². The van der Waals surface area contributed by atoms with Gasteiger partial charge in [-0.1, -0.05) is 12.1 Å². The predicted octanol–water partition coefficient (Wildman–Crippen LogP) is 1.32. The molecule has 0 amide bonds. The molecule has 0 aliphatic heterocycles. The first-order valence-electron chi connectivity index (χ1n) is 8.71. The predicted molar refractivity (Wildman–Crippen MR) is 108 cm³/mol. The van der Waals surface area contributed by atoms with Gasteiger partial charge in [0.2, 0.25) is 0 Å². The fourth-order valence-corrected chi connectivity index (χ4v) is 4.22. The fourth-order valence-electron chi connectivity index (χ4n) is 3.61.